The fourth-order valence-corrected chi connectivity index (χ4v) is 4.80. The number of nitrogens with two attached hydrogens (primary N) is 1. The highest BCUT2D eigenvalue weighted by Crippen LogP contribution is 2.36. The van der Waals surface area contributed by atoms with Crippen molar-refractivity contribution in [1.82, 2.24) is 14.7 Å². The second kappa shape index (κ2) is 7.64. The minimum atomic E-state index is -0.437. The van der Waals surface area contributed by atoms with Crippen LogP contribution in [-0.2, 0) is 11.3 Å². The van der Waals surface area contributed by atoms with Gasteiger partial charge in [0.05, 0.1) is 22.2 Å². The van der Waals surface area contributed by atoms with E-state index in [1.54, 1.807) is 10.7 Å². The van der Waals surface area contributed by atoms with Crippen LogP contribution in [-0.4, -0.2) is 38.8 Å². The summed E-state index contributed by atoms with van der Waals surface area (Å²) in [5.41, 5.74) is 7.48. The molecule has 1 aliphatic rings. The average molecular weight is 388 g/mol. The first kappa shape index (κ1) is 19.3. The van der Waals surface area contributed by atoms with E-state index in [1.807, 2.05) is 24.8 Å². The number of Topliss-reactive ketones (excluding diaryl/α,β-unsaturated/α-hetero) is 1. The molecule has 1 aliphatic heterocycles. The Morgan fingerprint density at radius 2 is 2.04 bits per heavy atom. The van der Waals surface area contributed by atoms with Crippen molar-refractivity contribution in [3.8, 4) is 0 Å². The predicted molar refractivity (Wildman–Crippen MR) is 103 cm³/mol. The number of rotatable bonds is 6. The lowest BCUT2D eigenvalue weighted by Gasteiger charge is -2.24. The Balaban J connectivity index is 1.69. The zero-order valence-corrected chi connectivity index (χ0v) is 16.6. The lowest BCUT2D eigenvalue weighted by molar-refractivity contribution is -0.132. The average Bonchev–Trinajstić information content (AvgIpc) is 3.30. The Labute approximate surface area is 162 Å². The van der Waals surface area contributed by atoms with Crippen LogP contribution in [0.2, 0.25) is 0 Å². The second-order valence-corrected chi connectivity index (χ2v) is 8.00. The molecule has 2 amide bonds. The number of hydrogen-bond donors (Lipinski definition) is 1. The van der Waals surface area contributed by atoms with Gasteiger partial charge < -0.3 is 10.6 Å². The molecule has 2 aromatic heterocycles. The Kier molecular flexibility index (Phi) is 5.46. The smallest absolute Gasteiger partial charge is 0.258 e. The van der Waals surface area contributed by atoms with E-state index < -0.39 is 5.91 Å². The summed E-state index contributed by atoms with van der Waals surface area (Å²) in [4.78, 5) is 39.3. The van der Waals surface area contributed by atoms with Gasteiger partial charge in [0, 0.05) is 30.1 Å². The largest absolute Gasteiger partial charge is 0.365 e. The van der Waals surface area contributed by atoms with Gasteiger partial charge in [0.1, 0.15) is 0 Å². The van der Waals surface area contributed by atoms with Gasteiger partial charge in [-0.25, -0.2) is 0 Å². The predicted octanol–water partition coefficient (Wildman–Crippen LogP) is 2.62. The maximum absolute atomic E-state index is 12.8. The summed E-state index contributed by atoms with van der Waals surface area (Å²) in [6.45, 7) is 6.35. The number of likely N-dealkylation sites (tertiary alicyclic amines) is 1. The van der Waals surface area contributed by atoms with Crippen LogP contribution in [0.3, 0.4) is 0 Å². The molecule has 2 N–H and O–H groups in total. The van der Waals surface area contributed by atoms with E-state index in [-0.39, 0.29) is 17.7 Å². The summed E-state index contributed by atoms with van der Waals surface area (Å²) < 4.78 is 1.74. The molecule has 3 rings (SSSR count). The zero-order valence-electron chi connectivity index (χ0n) is 15.8. The quantitative estimate of drug-likeness (QED) is 0.769. The molecule has 1 atom stereocenters. The molecule has 0 bridgehead atoms. The minimum absolute atomic E-state index is 0.00355. The number of hydrogen-bond acceptors (Lipinski definition) is 5. The molecule has 7 nitrogen and oxygen atoms in total. The van der Waals surface area contributed by atoms with Crippen LogP contribution in [0.15, 0.2) is 12.1 Å². The summed E-state index contributed by atoms with van der Waals surface area (Å²) in [6.07, 6.45) is 2.15. The van der Waals surface area contributed by atoms with Crippen LogP contribution in [0, 0.1) is 13.8 Å². The van der Waals surface area contributed by atoms with Crippen LogP contribution in [0.25, 0.3) is 0 Å². The molecule has 0 spiro atoms. The van der Waals surface area contributed by atoms with Crippen molar-refractivity contribution in [2.24, 2.45) is 5.73 Å². The van der Waals surface area contributed by atoms with Gasteiger partial charge in [-0.15, -0.1) is 11.3 Å². The fourth-order valence-electron chi connectivity index (χ4n) is 3.79. The van der Waals surface area contributed by atoms with Crippen LogP contribution in [0.1, 0.15) is 68.5 Å². The molecule has 0 unspecified atom stereocenters. The topological polar surface area (TPSA) is 98.3 Å². The third kappa shape index (κ3) is 3.80. The van der Waals surface area contributed by atoms with Crippen molar-refractivity contribution in [1.29, 1.82) is 0 Å². The molecule has 0 aliphatic carbocycles. The summed E-state index contributed by atoms with van der Waals surface area (Å²) in [5, 5.41) is 4.41. The van der Waals surface area contributed by atoms with Crippen molar-refractivity contribution in [2.45, 2.75) is 52.6 Å². The first-order chi connectivity index (χ1) is 12.8. The van der Waals surface area contributed by atoms with Gasteiger partial charge in [0.25, 0.3) is 5.91 Å². The van der Waals surface area contributed by atoms with Crippen LogP contribution >= 0.6 is 11.3 Å². The second-order valence-electron chi connectivity index (χ2n) is 6.89. The van der Waals surface area contributed by atoms with Crippen molar-refractivity contribution in [2.75, 3.05) is 6.54 Å². The molecule has 0 saturated carbocycles. The highest BCUT2D eigenvalue weighted by atomic mass is 32.1. The Morgan fingerprint density at radius 3 is 2.63 bits per heavy atom. The third-order valence-corrected chi connectivity index (χ3v) is 6.24. The number of thiophene rings is 1. The third-order valence-electron chi connectivity index (χ3n) is 5.04. The summed E-state index contributed by atoms with van der Waals surface area (Å²) in [5.74, 6) is -0.387. The van der Waals surface area contributed by atoms with Gasteiger partial charge in [0.2, 0.25) is 5.91 Å². The molecule has 144 valence electrons. The highest BCUT2D eigenvalue weighted by molar-refractivity contribution is 7.14. The summed E-state index contributed by atoms with van der Waals surface area (Å²) in [7, 11) is 0. The van der Waals surface area contributed by atoms with E-state index in [0.717, 1.165) is 23.4 Å². The molecule has 0 radical (unpaired) electrons. The van der Waals surface area contributed by atoms with Crippen molar-refractivity contribution in [3.05, 3.63) is 38.8 Å². The number of amides is 2. The summed E-state index contributed by atoms with van der Waals surface area (Å²) in [6, 6.07) is 3.62. The Bertz CT molecular complexity index is 899. The summed E-state index contributed by atoms with van der Waals surface area (Å²) >= 11 is 1.36. The number of primary amides is 1. The molecule has 3 heterocycles. The molecule has 8 heteroatoms. The maximum atomic E-state index is 12.8. The van der Waals surface area contributed by atoms with Gasteiger partial charge in [-0.3, -0.25) is 19.1 Å². The van der Waals surface area contributed by atoms with E-state index in [2.05, 4.69) is 5.10 Å². The van der Waals surface area contributed by atoms with E-state index in [0.29, 0.717) is 35.6 Å². The minimum Gasteiger partial charge on any atom is -0.365 e. The zero-order chi connectivity index (χ0) is 19.7. The van der Waals surface area contributed by atoms with Crippen molar-refractivity contribution >= 4 is 28.9 Å². The van der Waals surface area contributed by atoms with Crippen LogP contribution < -0.4 is 5.73 Å². The normalized spacial score (nSPS) is 16.7. The maximum Gasteiger partial charge on any atom is 0.258 e. The number of aromatic nitrogens is 2. The first-order valence-electron chi connectivity index (χ1n) is 9.03. The number of nitrogens with zero attached hydrogens (tertiary/aromatic N) is 3. The molecule has 1 saturated heterocycles. The molecule has 0 aromatic carbocycles. The van der Waals surface area contributed by atoms with Crippen molar-refractivity contribution < 1.29 is 14.4 Å². The SMILES string of the molecule is CC(=O)c1c(C)nn(CCC(=O)N2CCC[C@H]2c2ccc(C(N)=O)s2)c1C. The van der Waals surface area contributed by atoms with E-state index in [1.165, 1.54) is 18.3 Å². The van der Waals surface area contributed by atoms with Crippen LogP contribution in [0.5, 0.6) is 0 Å². The molecular formula is C19H24N4O3S. The Hall–Kier alpha value is -2.48. The first-order valence-corrected chi connectivity index (χ1v) is 9.85. The number of carbonyl (C=O) groups is 3. The van der Waals surface area contributed by atoms with Gasteiger partial charge >= 0.3 is 0 Å². The fraction of sp³-hybridized carbons (Fsp3) is 0.474. The van der Waals surface area contributed by atoms with E-state index in [4.69, 9.17) is 5.73 Å². The molecular weight excluding hydrogens is 364 g/mol. The number of ketones is 1. The van der Waals surface area contributed by atoms with Gasteiger partial charge in [-0.05, 0) is 45.7 Å². The lowest BCUT2D eigenvalue weighted by atomic mass is 10.1. The van der Waals surface area contributed by atoms with Crippen LogP contribution in [0.4, 0.5) is 0 Å². The Morgan fingerprint density at radius 1 is 1.30 bits per heavy atom. The lowest BCUT2D eigenvalue weighted by Crippen LogP contribution is -2.31. The van der Waals surface area contributed by atoms with E-state index >= 15 is 0 Å². The standard InChI is InChI=1S/C19H24N4O3S/c1-11-18(13(3)24)12(2)23(21-11)10-8-17(25)22-9-4-5-14(22)15-6-7-16(27-15)19(20)26/h6-7,14H,4-5,8-10H2,1-3H3,(H2,20,26)/t14-/m0/s1. The van der Waals surface area contributed by atoms with Gasteiger partial charge in [-0.2, -0.15) is 5.10 Å². The van der Waals surface area contributed by atoms with Crippen molar-refractivity contribution in [3.63, 3.8) is 0 Å². The number of aryl methyl sites for hydroxylation is 2. The highest BCUT2D eigenvalue weighted by Gasteiger charge is 2.31. The number of carbonyl (C=O) groups excluding carboxylic acids is 3. The van der Waals surface area contributed by atoms with Gasteiger partial charge in [-0.1, -0.05) is 0 Å². The molecule has 1 fully saturated rings. The molecule has 2 aromatic rings. The van der Waals surface area contributed by atoms with Gasteiger partial charge in [0.15, 0.2) is 5.78 Å². The van der Waals surface area contributed by atoms with E-state index in [9.17, 15) is 14.4 Å². The monoisotopic (exact) mass is 388 g/mol. The molecule has 27 heavy (non-hydrogen) atoms.